The van der Waals surface area contributed by atoms with Crippen molar-refractivity contribution in [2.45, 2.75) is 6.42 Å². The van der Waals surface area contributed by atoms with Gasteiger partial charge in [-0.3, -0.25) is 0 Å². The van der Waals surface area contributed by atoms with Crippen LogP contribution in [0.4, 0.5) is 0 Å². The maximum absolute atomic E-state index is 12.6. The molecule has 2 aromatic carbocycles. The molecule has 1 aliphatic rings. The van der Waals surface area contributed by atoms with Gasteiger partial charge in [0.1, 0.15) is 5.75 Å². The molecule has 0 atom stereocenters. The number of hydrogen-bond acceptors (Lipinski definition) is 3. The molecule has 0 saturated carbocycles. The maximum atomic E-state index is 12.6. The fourth-order valence-electron chi connectivity index (χ4n) is 2.94. The predicted octanol–water partition coefficient (Wildman–Crippen LogP) is 3.26. The van der Waals surface area contributed by atoms with Gasteiger partial charge in [-0.1, -0.05) is 36.4 Å². The Hall–Kier alpha value is -3.01. The highest BCUT2D eigenvalue weighted by Crippen LogP contribution is 2.29. The Bertz CT molecular complexity index is 894. The topological polar surface area (TPSA) is 54.1 Å². The lowest BCUT2D eigenvalue weighted by Gasteiger charge is -2.07. The summed E-state index contributed by atoms with van der Waals surface area (Å²) in [5.74, 6) is 0.179. The van der Waals surface area contributed by atoms with E-state index in [-0.39, 0.29) is 5.97 Å². The number of ether oxygens (including phenoxy) is 1. The molecular formula is C19H16N2O2. The van der Waals surface area contributed by atoms with Crippen LogP contribution in [-0.2, 0) is 11.2 Å². The van der Waals surface area contributed by atoms with E-state index >= 15 is 0 Å². The van der Waals surface area contributed by atoms with Gasteiger partial charge in [0.25, 0.3) is 0 Å². The summed E-state index contributed by atoms with van der Waals surface area (Å²) in [5.41, 5.74) is 3.56. The Labute approximate surface area is 133 Å². The highest BCUT2D eigenvalue weighted by Gasteiger charge is 2.23. The number of nitrogens with one attached hydrogen (secondary N) is 2. The molecule has 4 nitrogen and oxygen atoms in total. The lowest BCUT2D eigenvalue weighted by Crippen LogP contribution is -2.13. The minimum Gasteiger partial charge on any atom is -0.423 e. The first-order valence-electron chi connectivity index (χ1n) is 7.63. The molecule has 0 spiro atoms. The fourth-order valence-corrected chi connectivity index (χ4v) is 2.94. The lowest BCUT2D eigenvalue weighted by atomic mass is 10.0. The average Bonchev–Trinajstić information content (AvgIpc) is 2.81. The molecule has 0 unspecified atom stereocenters. The molecule has 2 N–H and O–H groups in total. The van der Waals surface area contributed by atoms with Gasteiger partial charge in [-0.2, -0.15) is 0 Å². The average molecular weight is 304 g/mol. The van der Waals surface area contributed by atoms with Gasteiger partial charge in [-0.15, -0.1) is 0 Å². The molecular weight excluding hydrogens is 288 g/mol. The molecule has 0 amide bonds. The Morgan fingerprint density at radius 2 is 1.78 bits per heavy atom. The quantitative estimate of drug-likeness (QED) is 0.564. The number of H-pyrrole nitrogens is 1. The van der Waals surface area contributed by atoms with Crippen LogP contribution in [0, 0.1) is 0 Å². The van der Waals surface area contributed by atoms with Crippen LogP contribution >= 0.6 is 0 Å². The van der Waals surface area contributed by atoms with Crippen molar-refractivity contribution in [3.05, 3.63) is 72.1 Å². The highest BCUT2D eigenvalue weighted by molar-refractivity contribution is 6.18. The van der Waals surface area contributed by atoms with E-state index in [1.807, 2.05) is 36.4 Å². The molecule has 4 heteroatoms. The van der Waals surface area contributed by atoms with Crippen LogP contribution in [-0.4, -0.2) is 17.5 Å². The third-order valence-electron chi connectivity index (χ3n) is 4.02. The standard InChI is InChI=1S/C19H16N2O2/c22-19(23-13-6-2-1-3-7-13)16-12-20-11-10-15-14-8-4-5-9-17(14)21-18(15)16/h1-9,12,20-21H,10-11H2. The van der Waals surface area contributed by atoms with Crippen molar-refractivity contribution < 1.29 is 9.53 Å². The third-order valence-corrected chi connectivity index (χ3v) is 4.02. The third kappa shape index (κ3) is 2.48. The number of benzene rings is 2. The number of carbonyl (C=O) groups is 1. The van der Waals surface area contributed by atoms with Gasteiger partial charge in [-0.05, 0) is 30.2 Å². The molecule has 1 aromatic heterocycles. The second-order valence-electron chi connectivity index (χ2n) is 5.49. The van der Waals surface area contributed by atoms with Gasteiger partial charge in [-0.25, -0.2) is 4.79 Å². The van der Waals surface area contributed by atoms with Gasteiger partial charge in [0, 0.05) is 23.6 Å². The van der Waals surface area contributed by atoms with E-state index in [0.717, 1.165) is 35.1 Å². The van der Waals surface area contributed by atoms with E-state index < -0.39 is 0 Å². The number of carbonyl (C=O) groups excluding carboxylic acids is 1. The molecule has 3 aromatic rings. The number of aromatic amines is 1. The molecule has 0 radical (unpaired) electrons. The van der Waals surface area contributed by atoms with Crippen LogP contribution in [0.3, 0.4) is 0 Å². The van der Waals surface area contributed by atoms with E-state index in [0.29, 0.717) is 11.3 Å². The molecule has 0 aliphatic carbocycles. The van der Waals surface area contributed by atoms with Crippen LogP contribution < -0.4 is 10.1 Å². The summed E-state index contributed by atoms with van der Waals surface area (Å²) in [5, 5.41) is 4.34. The number of rotatable bonds is 2. The van der Waals surface area contributed by atoms with Crippen LogP contribution in [0.1, 0.15) is 11.3 Å². The van der Waals surface area contributed by atoms with Crippen molar-refractivity contribution in [3.63, 3.8) is 0 Å². The van der Waals surface area contributed by atoms with Crippen molar-refractivity contribution in [1.29, 1.82) is 0 Å². The summed E-state index contributed by atoms with van der Waals surface area (Å²) < 4.78 is 5.50. The second-order valence-corrected chi connectivity index (χ2v) is 5.49. The second kappa shape index (κ2) is 5.65. The van der Waals surface area contributed by atoms with Gasteiger partial charge >= 0.3 is 5.97 Å². The van der Waals surface area contributed by atoms with Gasteiger partial charge in [0.05, 0.1) is 11.3 Å². The first kappa shape index (κ1) is 13.6. The molecule has 23 heavy (non-hydrogen) atoms. The van der Waals surface area contributed by atoms with Crippen molar-refractivity contribution >= 4 is 22.4 Å². The zero-order valence-corrected chi connectivity index (χ0v) is 12.5. The van der Waals surface area contributed by atoms with Crippen molar-refractivity contribution in [2.75, 3.05) is 6.54 Å². The first-order chi connectivity index (χ1) is 11.3. The summed E-state index contributed by atoms with van der Waals surface area (Å²) in [4.78, 5) is 16.0. The van der Waals surface area contributed by atoms with Gasteiger partial charge in [0.15, 0.2) is 0 Å². The zero-order valence-electron chi connectivity index (χ0n) is 12.5. The summed E-state index contributed by atoms with van der Waals surface area (Å²) in [6, 6.07) is 17.2. The Kier molecular flexibility index (Phi) is 3.35. The molecule has 0 saturated heterocycles. The van der Waals surface area contributed by atoms with E-state index in [1.54, 1.807) is 18.3 Å². The molecule has 114 valence electrons. The summed E-state index contributed by atoms with van der Waals surface area (Å²) in [6.07, 6.45) is 2.60. The lowest BCUT2D eigenvalue weighted by molar-refractivity contribution is -0.127. The van der Waals surface area contributed by atoms with E-state index in [2.05, 4.69) is 16.4 Å². The highest BCUT2D eigenvalue weighted by atomic mass is 16.5. The summed E-state index contributed by atoms with van der Waals surface area (Å²) in [7, 11) is 0. The Morgan fingerprint density at radius 1 is 1.00 bits per heavy atom. The fraction of sp³-hybridized carbons (Fsp3) is 0.105. The van der Waals surface area contributed by atoms with E-state index in [9.17, 15) is 4.79 Å². The largest absolute Gasteiger partial charge is 0.423 e. The summed E-state index contributed by atoms with van der Waals surface area (Å²) >= 11 is 0. The number of aromatic nitrogens is 1. The van der Waals surface area contributed by atoms with E-state index in [4.69, 9.17) is 4.74 Å². The minimum absolute atomic E-state index is 0.363. The molecule has 2 heterocycles. The molecule has 4 rings (SSSR count). The summed E-state index contributed by atoms with van der Waals surface area (Å²) in [6.45, 7) is 0.789. The zero-order chi connectivity index (χ0) is 15.6. The number of para-hydroxylation sites is 2. The normalized spacial score (nSPS) is 13.7. The molecule has 1 aliphatic heterocycles. The number of esters is 1. The predicted molar refractivity (Wildman–Crippen MR) is 90.1 cm³/mol. The number of fused-ring (bicyclic) bond motifs is 3. The van der Waals surface area contributed by atoms with E-state index in [1.165, 1.54) is 0 Å². The Morgan fingerprint density at radius 3 is 2.65 bits per heavy atom. The monoisotopic (exact) mass is 304 g/mol. The van der Waals surface area contributed by atoms with Crippen molar-refractivity contribution in [3.8, 4) is 5.75 Å². The SMILES string of the molecule is O=C(Oc1ccccc1)C1=CNCCc2c1[nH]c1ccccc21. The van der Waals surface area contributed by atoms with Crippen LogP contribution in [0.15, 0.2) is 60.8 Å². The minimum atomic E-state index is -0.363. The maximum Gasteiger partial charge on any atom is 0.347 e. The van der Waals surface area contributed by atoms with Crippen molar-refractivity contribution in [1.82, 2.24) is 10.3 Å². The van der Waals surface area contributed by atoms with Gasteiger partial charge in [0.2, 0.25) is 0 Å². The van der Waals surface area contributed by atoms with Crippen LogP contribution in [0.5, 0.6) is 5.75 Å². The Balaban J connectivity index is 1.75. The van der Waals surface area contributed by atoms with Crippen LogP contribution in [0.25, 0.3) is 16.5 Å². The molecule has 0 bridgehead atoms. The van der Waals surface area contributed by atoms with Crippen LogP contribution in [0.2, 0.25) is 0 Å². The van der Waals surface area contributed by atoms with Crippen molar-refractivity contribution in [2.24, 2.45) is 0 Å². The molecule has 0 fully saturated rings. The first-order valence-corrected chi connectivity index (χ1v) is 7.63. The smallest absolute Gasteiger partial charge is 0.347 e. The number of hydrogen-bond donors (Lipinski definition) is 2. The van der Waals surface area contributed by atoms with Gasteiger partial charge < -0.3 is 15.0 Å².